The maximum Gasteiger partial charge on any atom is 0.308 e. The molecule has 0 aromatic carbocycles. The molecule has 0 aromatic rings. The second-order valence-corrected chi connectivity index (χ2v) is 7.62. The van der Waals surface area contributed by atoms with Crippen LogP contribution < -0.4 is 0 Å². The Kier molecular flexibility index (Phi) is 13.2. The minimum absolute atomic E-state index is 0.112. The van der Waals surface area contributed by atoms with E-state index in [0.717, 1.165) is 19.3 Å². The number of likely N-dealkylation sites (N-methyl/N-ethyl adjacent to an activating group) is 1. The highest BCUT2D eigenvalue weighted by Crippen LogP contribution is 2.10. The third-order valence-electron chi connectivity index (χ3n) is 3.60. The molecule has 0 aliphatic carbocycles. The van der Waals surface area contributed by atoms with Crippen LogP contribution in [0, 0.1) is 0 Å². The number of aliphatic carboxylic acids is 1. The van der Waals surface area contributed by atoms with Crippen molar-refractivity contribution in [3.05, 3.63) is 36.5 Å². The third-order valence-corrected chi connectivity index (χ3v) is 3.60. The summed E-state index contributed by atoms with van der Waals surface area (Å²) >= 11 is 0. The largest absolute Gasteiger partial charge is 0.481 e. The predicted octanol–water partition coefficient (Wildman–Crippen LogP) is 3.08. The number of quaternary nitrogens is 1. The zero-order valence-corrected chi connectivity index (χ0v) is 17.1. The summed E-state index contributed by atoms with van der Waals surface area (Å²) in [5.74, 6) is -1.56. The first-order valence-corrected chi connectivity index (χ1v) is 9.52. The maximum absolute atomic E-state index is 12.0. The van der Waals surface area contributed by atoms with Crippen molar-refractivity contribution in [2.75, 3.05) is 27.7 Å². The van der Waals surface area contributed by atoms with Crippen LogP contribution in [-0.4, -0.2) is 66.5 Å². The lowest BCUT2D eigenvalue weighted by Crippen LogP contribution is -2.44. The van der Waals surface area contributed by atoms with Crippen LogP contribution in [0.5, 0.6) is 0 Å². The number of carboxylic acids is 1. The molecule has 0 aliphatic rings. The Morgan fingerprint density at radius 3 is 2.22 bits per heavy atom. The summed E-state index contributed by atoms with van der Waals surface area (Å²) in [4.78, 5) is 22.9. The molecular formula is C21H36NO5+. The van der Waals surface area contributed by atoms with Gasteiger partial charge in [-0.1, -0.05) is 43.4 Å². The van der Waals surface area contributed by atoms with Crippen LogP contribution in [0.25, 0.3) is 0 Å². The number of aliphatic hydroxyl groups is 1. The number of allylic oxidation sites excluding steroid dienone is 6. The van der Waals surface area contributed by atoms with E-state index in [1.54, 1.807) is 0 Å². The summed E-state index contributed by atoms with van der Waals surface area (Å²) in [5.41, 5.74) is 0. The van der Waals surface area contributed by atoms with Gasteiger partial charge in [-0.25, -0.2) is 0 Å². The molecule has 0 spiro atoms. The highest BCUT2D eigenvalue weighted by Gasteiger charge is 2.25. The molecule has 0 amide bonds. The Morgan fingerprint density at radius 1 is 1.04 bits per heavy atom. The fraction of sp³-hybridized carbons (Fsp3) is 0.619. The summed E-state index contributed by atoms with van der Waals surface area (Å²) in [6.45, 7) is 2.48. The normalized spacial score (nSPS) is 14.9. The smallest absolute Gasteiger partial charge is 0.308 e. The van der Waals surface area contributed by atoms with Crippen molar-refractivity contribution in [1.29, 1.82) is 0 Å². The number of carbonyl (C=O) groups is 2. The Balaban J connectivity index is 4.17. The van der Waals surface area contributed by atoms with Crippen LogP contribution >= 0.6 is 0 Å². The van der Waals surface area contributed by atoms with Gasteiger partial charge in [0.25, 0.3) is 0 Å². The quantitative estimate of drug-likeness (QED) is 0.209. The van der Waals surface area contributed by atoms with Gasteiger partial charge in [0.05, 0.1) is 40.1 Å². The number of unbranched alkanes of at least 4 members (excludes halogenated alkanes) is 1. The van der Waals surface area contributed by atoms with Gasteiger partial charge in [0.2, 0.25) is 0 Å². The molecular weight excluding hydrogens is 346 g/mol. The van der Waals surface area contributed by atoms with E-state index < -0.39 is 24.1 Å². The van der Waals surface area contributed by atoms with E-state index >= 15 is 0 Å². The molecule has 0 rings (SSSR count). The van der Waals surface area contributed by atoms with E-state index in [-0.39, 0.29) is 12.8 Å². The second kappa shape index (κ2) is 14.2. The van der Waals surface area contributed by atoms with E-state index in [0.29, 0.717) is 17.4 Å². The lowest BCUT2D eigenvalue weighted by Gasteiger charge is -2.28. The van der Waals surface area contributed by atoms with Gasteiger partial charge in [-0.3, -0.25) is 9.59 Å². The summed E-state index contributed by atoms with van der Waals surface area (Å²) in [5, 5.41) is 18.9. The van der Waals surface area contributed by atoms with Crippen LogP contribution in [0.1, 0.15) is 45.4 Å². The summed E-state index contributed by atoms with van der Waals surface area (Å²) in [6, 6.07) is 0. The number of hydrogen-bond acceptors (Lipinski definition) is 4. The third kappa shape index (κ3) is 17.3. The lowest BCUT2D eigenvalue weighted by molar-refractivity contribution is -0.873. The Bertz CT molecular complexity index is 517. The van der Waals surface area contributed by atoms with Crippen LogP contribution in [0.3, 0.4) is 0 Å². The first-order valence-electron chi connectivity index (χ1n) is 9.52. The van der Waals surface area contributed by atoms with Crippen molar-refractivity contribution < 1.29 is 29.0 Å². The van der Waals surface area contributed by atoms with Crippen molar-refractivity contribution in [2.24, 2.45) is 0 Å². The van der Waals surface area contributed by atoms with E-state index in [2.05, 4.69) is 13.0 Å². The number of rotatable bonds is 14. The van der Waals surface area contributed by atoms with Gasteiger partial charge in [-0.15, -0.1) is 0 Å². The number of nitrogens with zero attached hydrogens (tertiary/aromatic N) is 1. The molecule has 0 aliphatic heterocycles. The SMILES string of the molecule is CC/C=C/C=C/C=C/CCCC(O)CC(=O)OC(CC(=O)O)C[N+](C)(C)C. The van der Waals surface area contributed by atoms with Gasteiger partial charge in [0.15, 0.2) is 6.10 Å². The van der Waals surface area contributed by atoms with Crippen molar-refractivity contribution in [3.8, 4) is 0 Å². The molecule has 0 radical (unpaired) electrons. The van der Waals surface area contributed by atoms with E-state index in [1.807, 2.05) is 51.5 Å². The summed E-state index contributed by atoms with van der Waals surface area (Å²) < 4.78 is 5.76. The summed E-state index contributed by atoms with van der Waals surface area (Å²) in [6.07, 6.45) is 13.2. The molecule has 0 saturated heterocycles. The van der Waals surface area contributed by atoms with Gasteiger partial charge in [0, 0.05) is 0 Å². The Labute approximate surface area is 163 Å². The number of hydrogen-bond donors (Lipinski definition) is 2. The standard InChI is InChI=1S/C21H35NO5/c1-5-6-7-8-9-10-11-12-13-14-18(23)15-21(26)27-19(16-20(24)25)17-22(2,3)4/h6-11,18-19,23H,5,12-17H2,1-4H3/p+1/b7-6+,9-8+,11-10+. The van der Waals surface area contributed by atoms with Crippen molar-refractivity contribution in [2.45, 2.75) is 57.7 Å². The van der Waals surface area contributed by atoms with Crippen molar-refractivity contribution in [3.63, 3.8) is 0 Å². The Morgan fingerprint density at radius 2 is 1.67 bits per heavy atom. The zero-order chi connectivity index (χ0) is 20.7. The van der Waals surface area contributed by atoms with E-state index in [4.69, 9.17) is 9.84 Å². The number of ether oxygens (including phenoxy) is 1. The maximum atomic E-state index is 12.0. The highest BCUT2D eigenvalue weighted by molar-refractivity contribution is 5.71. The van der Waals surface area contributed by atoms with Crippen molar-refractivity contribution >= 4 is 11.9 Å². The van der Waals surface area contributed by atoms with Gasteiger partial charge >= 0.3 is 11.9 Å². The van der Waals surface area contributed by atoms with Gasteiger partial charge < -0.3 is 19.4 Å². The van der Waals surface area contributed by atoms with Crippen LogP contribution in [0.15, 0.2) is 36.5 Å². The minimum atomic E-state index is -1.01. The lowest BCUT2D eigenvalue weighted by atomic mass is 10.1. The molecule has 2 unspecified atom stereocenters. The molecule has 0 aromatic heterocycles. The number of carboxylic acid groups (broad SMARTS) is 1. The molecule has 6 nitrogen and oxygen atoms in total. The molecule has 0 saturated carbocycles. The fourth-order valence-corrected chi connectivity index (χ4v) is 2.47. The first-order chi connectivity index (χ1) is 12.6. The highest BCUT2D eigenvalue weighted by atomic mass is 16.5. The molecule has 0 heterocycles. The van der Waals surface area contributed by atoms with Gasteiger partial charge in [-0.2, -0.15) is 0 Å². The first kappa shape index (κ1) is 25.1. The molecule has 154 valence electrons. The number of carbonyl (C=O) groups excluding carboxylic acids is 1. The molecule has 2 N–H and O–H groups in total. The van der Waals surface area contributed by atoms with E-state index in [1.165, 1.54) is 0 Å². The fourth-order valence-electron chi connectivity index (χ4n) is 2.47. The van der Waals surface area contributed by atoms with Crippen LogP contribution in [-0.2, 0) is 14.3 Å². The predicted molar refractivity (Wildman–Crippen MR) is 107 cm³/mol. The number of aliphatic hydroxyl groups excluding tert-OH is 1. The molecule has 0 fully saturated rings. The summed E-state index contributed by atoms with van der Waals surface area (Å²) in [7, 11) is 5.71. The molecule has 6 heteroatoms. The second-order valence-electron chi connectivity index (χ2n) is 7.62. The average molecular weight is 383 g/mol. The van der Waals surface area contributed by atoms with E-state index in [9.17, 15) is 14.7 Å². The average Bonchev–Trinajstić information content (AvgIpc) is 2.50. The molecule has 0 bridgehead atoms. The zero-order valence-electron chi connectivity index (χ0n) is 17.1. The van der Waals surface area contributed by atoms with Gasteiger partial charge in [0.1, 0.15) is 6.54 Å². The molecule has 2 atom stereocenters. The van der Waals surface area contributed by atoms with Crippen molar-refractivity contribution in [1.82, 2.24) is 0 Å². The van der Waals surface area contributed by atoms with Crippen LogP contribution in [0.4, 0.5) is 0 Å². The topological polar surface area (TPSA) is 83.8 Å². The van der Waals surface area contributed by atoms with Crippen LogP contribution in [0.2, 0.25) is 0 Å². The number of esters is 1. The monoisotopic (exact) mass is 382 g/mol. The Hall–Kier alpha value is -1.92. The van der Waals surface area contributed by atoms with Gasteiger partial charge in [-0.05, 0) is 25.7 Å². The minimum Gasteiger partial charge on any atom is -0.481 e. The molecule has 27 heavy (non-hydrogen) atoms.